The third kappa shape index (κ3) is 6.58. The fraction of sp³-hybridized carbons (Fsp3) is 0.333. The average Bonchev–Trinajstić information content (AvgIpc) is 2.33. The number of nitrogens with one attached hydrogen (secondary N) is 1. The minimum atomic E-state index is -0.389. The van der Waals surface area contributed by atoms with E-state index in [2.05, 4.69) is 5.32 Å². The van der Waals surface area contributed by atoms with Gasteiger partial charge in [0.15, 0.2) is 6.61 Å². The summed E-state index contributed by atoms with van der Waals surface area (Å²) >= 11 is 5.16. The zero-order chi connectivity index (χ0) is 12.5. The number of halogens is 1. The van der Waals surface area contributed by atoms with Crippen molar-refractivity contribution in [3.8, 4) is 5.75 Å². The molecule has 1 aromatic carbocycles. The minimum Gasteiger partial charge on any atom is -0.484 e. The molecule has 0 bridgehead atoms. The summed E-state index contributed by atoms with van der Waals surface area (Å²) < 4.78 is 5.24. The van der Waals surface area contributed by atoms with Crippen LogP contribution in [0.4, 0.5) is 0 Å². The molecule has 4 nitrogen and oxygen atoms in total. The summed E-state index contributed by atoms with van der Waals surface area (Å²) in [6.07, 6.45) is 0.806. The minimum absolute atomic E-state index is 0.0289. The van der Waals surface area contributed by atoms with Gasteiger partial charge in [-0.25, -0.2) is 0 Å². The normalized spacial score (nSPS) is 9.71. The zero-order valence-corrected chi connectivity index (χ0v) is 10.1. The molecule has 0 heterocycles. The number of amides is 1. The zero-order valence-electron chi connectivity index (χ0n) is 9.32. The van der Waals surface area contributed by atoms with Gasteiger partial charge in [0.2, 0.25) is 5.24 Å². The van der Waals surface area contributed by atoms with Gasteiger partial charge in [0.1, 0.15) is 5.75 Å². The van der Waals surface area contributed by atoms with Crippen LogP contribution in [-0.2, 0) is 9.59 Å². The number of rotatable bonds is 7. The molecule has 1 amide bonds. The Morgan fingerprint density at radius 3 is 2.59 bits per heavy atom. The monoisotopic (exact) mass is 255 g/mol. The number of benzene rings is 1. The molecule has 0 aliphatic carbocycles. The molecule has 0 unspecified atom stereocenters. The largest absolute Gasteiger partial charge is 0.484 e. The van der Waals surface area contributed by atoms with Crippen LogP contribution in [0, 0.1) is 0 Å². The Morgan fingerprint density at radius 1 is 1.24 bits per heavy atom. The van der Waals surface area contributed by atoms with Gasteiger partial charge in [0, 0.05) is 13.0 Å². The number of ether oxygens (including phenoxy) is 1. The maximum Gasteiger partial charge on any atom is 0.257 e. The van der Waals surface area contributed by atoms with Crippen molar-refractivity contribution in [3.63, 3.8) is 0 Å². The number of carbonyl (C=O) groups excluding carboxylic acids is 2. The van der Waals surface area contributed by atoms with Crippen molar-refractivity contribution >= 4 is 22.8 Å². The van der Waals surface area contributed by atoms with E-state index in [1.165, 1.54) is 0 Å². The first kappa shape index (κ1) is 13.5. The van der Waals surface area contributed by atoms with Crippen molar-refractivity contribution in [2.24, 2.45) is 0 Å². The van der Waals surface area contributed by atoms with Crippen LogP contribution < -0.4 is 10.1 Å². The summed E-state index contributed by atoms with van der Waals surface area (Å²) in [5.41, 5.74) is 0. The fourth-order valence-corrected chi connectivity index (χ4v) is 1.31. The second-order valence-corrected chi connectivity index (χ2v) is 3.83. The van der Waals surface area contributed by atoms with Gasteiger partial charge in [0.25, 0.3) is 5.91 Å². The van der Waals surface area contributed by atoms with Crippen molar-refractivity contribution in [2.75, 3.05) is 13.2 Å². The third-order valence-corrected chi connectivity index (χ3v) is 2.17. The van der Waals surface area contributed by atoms with E-state index in [1.807, 2.05) is 18.2 Å². The number of para-hydroxylation sites is 1. The van der Waals surface area contributed by atoms with E-state index in [-0.39, 0.29) is 24.2 Å². The van der Waals surface area contributed by atoms with Crippen LogP contribution in [0.15, 0.2) is 30.3 Å². The summed E-state index contributed by atoms with van der Waals surface area (Å²) in [4.78, 5) is 21.7. The van der Waals surface area contributed by atoms with Gasteiger partial charge >= 0.3 is 0 Å². The Morgan fingerprint density at radius 2 is 1.94 bits per heavy atom. The first-order valence-corrected chi connectivity index (χ1v) is 5.69. The summed E-state index contributed by atoms with van der Waals surface area (Å²) in [5, 5.41) is 2.24. The van der Waals surface area contributed by atoms with E-state index in [4.69, 9.17) is 16.3 Å². The molecule has 0 aliphatic rings. The van der Waals surface area contributed by atoms with Gasteiger partial charge in [-0.2, -0.15) is 0 Å². The lowest BCUT2D eigenvalue weighted by Gasteiger charge is -2.06. The fourth-order valence-electron chi connectivity index (χ4n) is 1.17. The van der Waals surface area contributed by atoms with Gasteiger partial charge in [-0.05, 0) is 30.2 Å². The topological polar surface area (TPSA) is 55.4 Å². The van der Waals surface area contributed by atoms with Crippen LogP contribution in [0.5, 0.6) is 5.75 Å². The molecule has 1 aromatic rings. The molecule has 0 saturated carbocycles. The molecule has 92 valence electrons. The van der Waals surface area contributed by atoms with Crippen LogP contribution in [0.3, 0.4) is 0 Å². The van der Waals surface area contributed by atoms with Crippen molar-refractivity contribution in [1.29, 1.82) is 0 Å². The Balaban J connectivity index is 2.11. The summed E-state index contributed by atoms with van der Waals surface area (Å²) in [6.45, 7) is 0.397. The highest BCUT2D eigenvalue weighted by molar-refractivity contribution is 6.63. The van der Waals surface area contributed by atoms with E-state index in [9.17, 15) is 9.59 Å². The van der Waals surface area contributed by atoms with E-state index >= 15 is 0 Å². The van der Waals surface area contributed by atoms with Crippen LogP contribution in [0.1, 0.15) is 12.8 Å². The third-order valence-electron chi connectivity index (χ3n) is 1.99. The highest BCUT2D eigenvalue weighted by Gasteiger charge is 2.02. The lowest BCUT2D eigenvalue weighted by molar-refractivity contribution is -0.123. The van der Waals surface area contributed by atoms with Crippen molar-refractivity contribution in [1.82, 2.24) is 5.32 Å². The van der Waals surface area contributed by atoms with Crippen LogP contribution in [0.25, 0.3) is 0 Å². The lowest BCUT2D eigenvalue weighted by atomic mass is 10.3. The van der Waals surface area contributed by atoms with Crippen molar-refractivity contribution < 1.29 is 14.3 Å². The van der Waals surface area contributed by atoms with Gasteiger partial charge in [0.05, 0.1) is 0 Å². The van der Waals surface area contributed by atoms with Crippen LogP contribution >= 0.6 is 11.6 Å². The second-order valence-electron chi connectivity index (χ2n) is 3.41. The van der Waals surface area contributed by atoms with E-state index in [0.717, 1.165) is 0 Å². The highest BCUT2D eigenvalue weighted by atomic mass is 35.5. The average molecular weight is 256 g/mol. The number of carbonyl (C=O) groups is 2. The number of hydrogen-bond donors (Lipinski definition) is 1. The van der Waals surface area contributed by atoms with E-state index in [1.54, 1.807) is 12.1 Å². The van der Waals surface area contributed by atoms with Crippen molar-refractivity contribution in [3.05, 3.63) is 30.3 Å². The quantitative estimate of drug-likeness (QED) is 0.596. The Hall–Kier alpha value is -1.55. The molecular formula is C12H14ClNO3. The summed E-state index contributed by atoms with van der Waals surface area (Å²) in [5.74, 6) is 0.439. The SMILES string of the molecule is O=C(Cl)CCCNC(=O)COc1ccccc1. The Labute approximate surface area is 105 Å². The Kier molecular flexibility index (Phi) is 6.10. The molecule has 0 atom stereocenters. The second kappa shape index (κ2) is 7.68. The van der Waals surface area contributed by atoms with Crippen LogP contribution in [0.2, 0.25) is 0 Å². The predicted octanol–water partition coefficient (Wildman–Crippen LogP) is 1.73. The summed E-state index contributed by atoms with van der Waals surface area (Å²) in [6, 6.07) is 9.09. The highest BCUT2D eigenvalue weighted by Crippen LogP contribution is 2.07. The molecule has 0 radical (unpaired) electrons. The molecule has 1 N–H and O–H groups in total. The van der Waals surface area contributed by atoms with Gasteiger partial charge < -0.3 is 10.1 Å². The standard InChI is InChI=1S/C12H14ClNO3/c13-11(15)7-4-8-14-12(16)9-17-10-5-2-1-3-6-10/h1-3,5-6H,4,7-9H2,(H,14,16). The summed E-state index contributed by atoms with van der Waals surface area (Å²) in [7, 11) is 0. The van der Waals surface area contributed by atoms with Crippen molar-refractivity contribution in [2.45, 2.75) is 12.8 Å². The molecule has 17 heavy (non-hydrogen) atoms. The molecule has 0 fully saturated rings. The first-order chi connectivity index (χ1) is 8.18. The van der Waals surface area contributed by atoms with Gasteiger partial charge in [-0.15, -0.1) is 0 Å². The van der Waals surface area contributed by atoms with Crippen LogP contribution in [-0.4, -0.2) is 24.3 Å². The molecule has 5 heteroatoms. The number of hydrogen-bond acceptors (Lipinski definition) is 3. The smallest absolute Gasteiger partial charge is 0.257 e. The molecule has 0 spiro atoms. The predicted molar refractivity (Wildman–Crippen MR) is 65.0 cm³/mol. The first-order valence-electron chi connectivity index (χ1n) is 5.31. The maximum absolute atomic E-state index is 11.3. The Bertz CT molecular complexity index is 367. The maximum atomic E-state index is 11.3. The molecule has 0 aliphatic heterocycles. The molecule has 0 aromatic heterocycles. The van der Waals surface area contributed by atoms with E-state index < -0.39 is 0 Å². The molecular weight excluding hydrogens is 242 g/mol. The van der Waals surface area contributed by atoms with Gasteiger partial charge in [-0.1, -0.05) is 18.2 Å². The van der Waals surface area contributed by atoms with Gasteiger partial charge in [-0.3, -0.25) is 9.59 Å². The molecule has 0 saturated heterocycles. The molecule has 1 rings (SSSR count). The lowest BCUT2D eigenvalue weighted by Crippen LogP contribution is -2.29. The van der Waals surface area contributed by atoms with E-state index in [0.29, 0.717) is 18.7 Å².